The molecule has 1 aromatic carbocycles. The summed E-state index contributed by atoms with van der Waals surface area (Å²) in [7, 11) is 0. The molecule has 0 aromatic heterocycles. The first-order valence-electron chi connectivity index (χ1n) is 6.27. The number of hydrogen-bond donors (Lipinski definition) is 2. The number of rotatable bonds is 4. The highest BCUT2D eigenvalue weighted by molar-refractivity contribution is 9.10. The molecule has 0 spiro atoms. The first-order valence-corrected chi connectivity index (χ1v) is 7.07. The molecule has 94 valence electrons. The smallest absolute Gasteiger partial charge is 0.0687 e. The van der Waals surface area contributed by atoms with Crippen molar-refractivity contribution in [1.29, 1.82) is 0 Å². The van der Waals surface area contributed by atoms with Gasteiger partial charge in [0, 0.05) is 17.1 Å². The quantitative estimate of drug-likeness (QED) is 0.895. The number of aliphatic hydroxyl groups is 1. The topological polar surface area (TPSA) is 32.3 Å². The number of aliphatic hydroxyl groups excluding tert-OH is 1. The summed E-state index contributed by atoms with van der Waals surface area (Å²) in [6.45, 7) is 4.77. The van der Waals surface area contributed by atoms with Crippen molar-refractivity contribution in [2.24, 2.45) is 5.92 Å². The van der Waals surface area contributed by atoms with E-state index in [-0.39, 0.29) is 6.10 Å². The average molecular weight is 298 g/mol. The second-order valence-corrected chi connectivity index (χ2v) is 6.07. The van der Waals surface area contributed by atoms with Crippen LogP contribution in [0.25, 0.3) is 0 Å². The van der Waals surface area contributed by atoms with Crippen LogP contribution in [0.4, 0.5) is 0 Å². The van der Waals surface area contributed by atoms with Gasteiger partial charge in [-0.05, 0) is 42.0 Å². The van der Waals surface area contributed by atoms with Gasteiger partial charge in [-0.15, -0.1) is 0 Å². The number of hydrogen-bond acceptors (Lipinski definition) is 2. The number of benzene rings is 1. The molecule has 2 rings (SSSR count). The Labute approximate surface area is 112 Å². The van der Waals surface area contributed by atoms with Gasteiger partial charge in [-0.1, -0.05) is 35.8 Å². The molecule has 1 aliphatic carbocycles. The second-order valence-electron chi connectivity index (χ2n) is 5.15. The molecule has 0 aliphatic heterocycles. The molecule has 0 fully saturated rings. The first-order chi connectivity index (χ1) is 8.08. The predicted octanol–water partition coefficient (Wildman–Crippen LogP) is 3.04. The van der Waals surface area contributed by atoms with Gasteiger partial charge in [0.1, 0.15) is 0 Å². The monoisotopic (exact) mass is 297 g/mol. The van der Waals surface area contributed by atoms with Crippen molar-refractivity contribution in [2.75, 3.05) is 6.54 Å². The van der Waals surface area contributed by atoms with Crippen molar-refractivity contribution in [3.05, 3.63) is 33.8 Å². The minimum absolute atomic E-state index is 0.255. The van der Waals surface area contributed by atoms with E-state index >= 15 is 0 Å². The summed E-state index contributed by atoms with van der Waals surface area (Å²) in [6, 6.07) is 6.89. The van der Waals surface area contributed by atoms with E-state index in [2.05, 4.69) is 39.4 Å². The van der Waals surface area contributed by atoms with Crippen LogP contribution in [-0.4, -0.2) is 17.8 Å². The highest BCUT2D eigenvalue weighted by atomic mass is 79.9. The number of halogens is 1. The molecule has 0 radical (unpaired) electrons. The highest BCUT2D eigenvalue weighted by Gasteiger charge is 2.23. The van der Waals surface area contributed by atoms with Crippen LogP contribution >= 0.6 is 15.9 Å². The summed E-state index contributed by atoms with van der Waals surface area (Å²) in [5.74, 6) is 0.313. The average Bonchev–Trinajstić information content (AvgIpc) is 2.67. The standard InChI is InChI=1S/C14H20BrNO/c1-9(2)14(17)8-16-13-6-3-10-7-11(15)4-5-12(10)13/h4-5,7,9,13-14,16-17H,3,6,8H2,1-2H3. The van der Waals surface area contributed by atoms with Crippen LogP contribution in [0.15, 0.2) is 22.7 Å². The number of aryl methyl sites for hydroxylation is 1. The summed E-state index contributed by atoms with van der Waals surface area (Å²) < 4.78 is 1.15. The van der Waals surface area contributed by atoms with Gasteiger partial charge in [0.25, 0.3) is 0 Å². The zero-order valence-electron chi connectivity index (χ0n) is 10.4. The van der Waals surface area contributed by atoms with Crippen molar-refractivity contribution >= 4 is 15.9 Å². The van der Waals surface area contributed by atoms with Gasteiger partial charge in [0.15, 0.2) is 0 Å². The van der Waals surface area contributed by atoms with Gasteiger partial charge in [-0.3, -0.25) is 0 Å². The van der Waals surface area contributed by atoms with Crippen LogP contribution in [0, 0.1) is 5.92 Å². The lowest BCUT2D eigenvalue weighted by Gasteiger charge is -2.19. The molecule has 1 aromatic rings. The fraction of sp³-hybridized carbons (Fsp3) is 0.571. The summed E-state index contributed by atoms with van der Waals surface area (Å²) in [5, 5.41) is 13.3. The van der Waals surface area contributed by atoms with E-state index in [0.29, 0.717) is 18.5 Å². The van der Waals surface area contributed by atoms with Crippen LogP contribution in [-0.2, 0) is 6.42 Å². The van der Waals surface area contributed by atoms with Gasteiger partial charge < -0.3 is 10.4 Å². The third-order valence-corrected chi connectivity index (χ3v) is 4.02. The Morgan fingerprint density at radius 1 is 1.47 bits per heavy atom. The van der Waals surface area contributed by atoms with Crippen LogP contribution < -0.4 is 5.32 Å². The van der Waals surface area contributed by atoms with E-state index < -0.39 is 0 Å². The zero-order valence-corrected chi connectivity index (χ0v) is 12.0. The Kier molecular flexibility index (Phi) is 4.23. The maximum Gasteiger partial charge on any atom is 0.0687 e. The van der Waals surface area contributed by atoms with E-state index in [1.54, 1.807) is 0 Å². The van der Waals surface area contributed by atoms with Gasteiger partial charge in [0.05, 0.1) is 6.10 Å². The maximum atomic E-state index is 9.81. The van der Waals surface area contributed by atoms with E-state index in [4.69, 9.17) is 0 Å². The Morgan fingerprint density at radius 2 is 2.24 bits per heavy atom. The molecule has 17 heavy (non-hydrogen) atoms. The number of nitrogens with one attached hydrogen (secondary N) is 1. The summed E-state index contributed by atoms with van der Waals surface area (Å²) in [6.07, 6.45) is 2.01. The van der Waals surface area contributed by atoms with Crippen LogP contribution in [0.1, 0.15) is 37.4 Å². The zero-order chi connectivity index (χ0) is 12.4. The van der Waals surface area contributed by atoms with Crippen molar-refractivity contribution in [2.45, 2.75) is 38.8 Å². The lowest BCUT2D eigenvalue weighted by Crippen LogP contribution is -2.32. The van der Waals surface area contributed by atoms with Crippen LogP contribution in [0.2, 0.25) is 0 Å². The lowest BCUT2D eigenvalue weighted by molar-refractivity contribution is 0.120. The van der Waals surface area contributed by atoms with E-state index in [1.165, 1.54) is 11.1 Å². The summed E-state index contributed by atoms with van der Waals surface area (Å²) in [4.78, 5) is 0. The highest BCUT2D eigenvalue weighted by Crippen LogP contribution is 2.32. The molecule has 2 nitrogen and oxygen atoms in total. The lowest BCUT2D eigenvalue weighted by atomic mass is 10.1. The predicted molar refractivity (Wildman–Crippen MR) is 74.1 cm³/mol. The fourth-order valence-corrected chi connectivity index (χ4v) is 2.71. The van der Waals surface area contributed by atoms with Gasteiger partial charge in [-0.2, -0.15) is 0 Å². The summed E-state index contributed by atoms with van der Waals surface area (Å²) in [5.41, 5.74) is 2.82. The Hall–Kier alpha value is -0.380. The largest absolute Gasteiger partial charge is 0.392 e. The third-order valence-electron chi connectivity index (χ3n) is 3.53. The van der Waals surface area contributed by atoms with Crippen molar-refractivity contribution < 1.29 is 5.11 Å². The molecular formula is C14H20BrNO. The van der Waals surface area contributed by atoms with Gasteiger partial charge in [-0.25, -0.2) is 0 Å². The first kappa shape index (κ1) is 13.1. The van der Waals surface area contributed by atoms with Crippen molar-refractivity contribution in [1.82, 2.24) is 5.32 Å². The molecule has 0 heterocycles. The number of fused-ring (bicyclic) bond motifs is 1. The molecule has 0 saturated heterocycles. The molecule has 0 bridgehead atoms. The van der Waals surface area contributed by atoms with E-state index in [1.807, 2.05) is 13.8 Å². The molecule has 0 amide bonds. The van der Waals surface area contributed by atoms with Crippen molar-refractivity contribution in [3.8, 4) is 0 Å². The van der Waals surface area contributed by atoms with E-state index in [0.717, 1.165) is 17.3 Å². The minimum Gasteiger partial charge on any atom is -0.392 e. The fourth-order valence-electron chi connectivity index (χ4n) is 2.30. The third kappa shape index (κ3) is 3.09. The Bertz CT molecular complexity index is 392. The minimum atomic E-state index is -0.255. The van der Waals surface area contributed by atoms with Crippen LogP contribution in [0.5, 0.6) is 0 Å². The molecular weight excluding hydrogens is 278 g/mol. The van der Waals surface area contributed by atoms with E-state index in [9.17, 15) is 5.11 Å². The normalized spacial score (nSPS) is 20.6. The van der Waals surface area contributed by atoms with Gasteiger partial charge >= 0.3 is 0 Å². The summed E-state index contributed by atoms with van der Waals surface area (Å²) >= 11 is 3.51. The SMILES string of the molecule is CC(C)C(O)CNC1CCc2cc(Br)ccc21. The molecule has 3 heteroatoms. The van der Waals surface area contributed by atoms with Crippen LogP contribution in [0.3, 0.4) is 0 Å². The van der Waals surface area contributed by atoms with Gasteiger partial charge in [0.2, 0.25) is 0 Å². The Morgan fingerprint density at radius 3 is 2.94 bits per heavy atom. The molecule has 1 aliphatic rings. The molecule has 2 unspecified atom stereocenters. The second kappa shape index (κ2) is 5.51. The van der Waals surface area contributed by atoms with Crippen molar-refractivity contribution in [3.63, 3.8) is 0 Å². The maximum absolute atomic E-state index is 9.81. The molecule has 2 N–H and O–H groups in total. The molecule has 2 atom stereocenters. The Balaban J connectivity index is 1.98. The molecule has 0 saturated carbocycles.